The van der Waals surface area contributed by atoms with Crippen LogP contribution in [0.15, 0.2) is 0 Å². The number of aliphatic hydroxyl groups is 1. The van der Waals surface area contributed by atoms with Gasteiger partial charge in [-0.2, -0.15) is 0 Å². The molecule has 1 saturated carbocycles. The Hall–Kier alpha value is 0.270. The van der Waals surface area contributed by atoms with E-state index in [4.69, 9.17) is 0 Å². The number of hydrogen-bond acceptors (Lipinski definition) is 4. The van der Waals surface area contributed by atoms with E-state index in [0.29, 0.717) is 11.3 Å². The van der Waals surface area contributed by atoms with E-state index in [1.165, 1.54) is 19.3 Å². The Morgan fingerprint density at radius 1 is 1.18 bits per heavy atom. The molecule has 0 bridgehead atoms. The minimum atomic E-state index is -0.188. The number of hydrogen-bond donors (Lipinski definition) is 2. The first kappa shape index (κ1) is 12.3. The van der Waals surface area contributed by atoms with Crippen LogP contribution >= 0.6 is 9.39 Å². The van der Waals surface area contributed by atoms with Crippen molar-refractivity contribution in [3.05, 3.63) is 0 Å². The van der Waals surface area contributed by atoms with E-state index in [1.54, 1.807) is 0 Å². The third-order valence-corrected chi connectivity index (χ3v) is 5.45. The van der Waals surface area contributed by atoms with Gasteiger partial charge < -0.3 is 10.4 Å². The Kier molecular flexibility index (Phi) is 3.44. The smallest absolute Gasteiger partial charge is 0.110 e. The molecule has 2 saturated heterocycles. The van der Waals surface area contributed by atoms with Crippen molar-refractivity contribution in [1.29, 1.82) is 0 Å². The fraction of sp³-hybridized carbons (Fsp3) is 1.00. The normalized spacial score (nSPS) is 36.0. The first-order valence-electron chi connectivity index (χ1n) is 6.84. The quantitative estimate of drug-likeness (QED) is 0.688. The van der Waals surface area contributed by atoms with Gasteiger partial charge >= 0.3 is 0 Å². The van der Waals surface area contributed by atoms with Gasteiger partial charge in [-0.25, -0.2) is 0 Å². The lowest BCUT2D eigenvalue weighted by Crippen LogP contribution is -2.49. The highest BCUT2D eigenvalue weighted by atomic mass is 31.0. The van der Waals surface area contributed by atoms with Crippen LogP contribution in [-0.2, 0) is 0 Å². The molecule has 1 spiro atoms. The maximum absolute atomic E-state index is 10.5. The molecular formula is C12H24N3OP. The van der Waals surface area contributed by atoms with Gasteiger partial charge in [0.25, 0.3) is 0 Å². The van der Waals surface area contributed by atoms with Crippen molar-refractivity contribution < 1.29 is 5.11 Å². The zero-order chi connectivity index (χ0) is 11.9. The maximum atomic E-state index is 10.5. The van der Waals surface area contributed by atoms with E-state index in [-0.39, 0.29) is 6.23 Å². The predicted octanol–water partition coefficient (Wildman–Crippen LogP) is 0.102. The zero-order valence-corrected chi connectivity index (χ0v) is 11.6. The second kappa shape index (κ2) is 4.75. The first-order chi connectivity index (χ1) is 8.21. The molecule has 0 aromatic rings. The molecule has 98 valence electrons. The molecule has 3 fully saturated rings. The molecule has 3 atom stereocenters. The highest BCUT2D eigenvalue weighted by molar-refractivity contribution is 7.13. The lowest BCUT2D eigenvalue weighted by atomic mass is 9.91. The Labute approximate surface area is 106 Å². The van der Waals surface area contributed by atoms with Crippen molar-refractivity contribution in [3.8, 4) is 0 Å². The van der Waals surface area contributed by atoms with E-state index < -0.39 is 0 Å². The predicted molar refractivity (Wildman–Crippen MR) is 71.5 cm³/mol. The highest BCUT2D eigenvalue weighted by Gasteiger charge is 2.57. The summed E-state index contributed by atoms with van der Waals surface area (Å²) in [7, 11) is 2.76. The van der Waals surface area contributed by atoms with Crippen molar-refractivity contribution in [3.63, 3.8) is 0 Å². The van der Waals surface area contributed by atoms with E-state index in [9.17, 15) is 5.11 Å². The number of piperidine rings is 1. The van der Waals surface area contributed by atoms with Crippen LogP contribution in [0.5, 0.6) is 0 Å². The van der Waals surface area contributed by atoms with Gasteiger partial charge in [-0.1, -0.05) is 9.39 Å². The Balaban J connectivity index is 1.55. The van der Waals surface area contributed by atoms with Gasteiger partial charge in [0, 0.05) is 32.1 Å². The van der Waals surface area contributed by atoms with Gasteiger partial charge in [-0.05, 0) is 37.8 Å². The van der Waals surface area contributed by atoms with Crippen LogP contribution in [0.3, 0.4) is 0 Å². The summed E-state index contributed by atoms with van der Waals surface area (Å²) >= 11 is 0. The molecule has 0 radical (unpaired) electrons. The number of nitrogens with zero attached hydrogens (tertiary/aromatic N) is 2. The number of piperazine rings is 1. The van der Waals surface area contributed by atoms with Crippen LogP contribution in [0.25, 0.3) is 0 Å². The molecule has 2 heterocycles. The Bertz CT molecular complexity index is 275. The van der Waals surface area contributed by atoms with E-state index in [2.05, 4.69) is 24.3 Å². The minimum Gasteiger partial charge on any atom is -0.378 e. The second-order valence-corrected chi connectivity index (χ2v) is 6.64. The van der Waals surface area contributed by atoms with E-state index >= 15 is 0 Å². The molecule has 3 rings (SSSR count). The second-order valence-electron chi connectivity index (χ2n) is 5.91. The molecule has 0 amide bonds. The third-order valence-electron chi connectivity index (χ3n) is 4.94. The summed E-state index contributed by atoms with van der Waals surface area (Å²) in [5.74, 6) is 0.542. The highest BCUT2D eigenvalue weighted by Crippen LogP contribution is 2.60. The van der Waals surface area contributed by atoms with E-state index in [0.717, 1.165) is 39.3 Å². The third kappa shape index (κ3) is 2.39. The standard InChI is InChI=1S/C12H24N3OP/c16-11(14-5-7-15(17)8-6-14)10-9-12(10)1-3-13-4-2-12/h10-11,13,16H,1-9,17H2. The van der Waals surface area contributed by atoms with Gasteiger partial charge in [-0.15, -0.1) is 0 Å². The van der Waals surface area contributed by atoms with Crippen molar-refractivity contribution >= 4 is 9.39 Å². The molecule has 3 aliphatic rings. The number of rotatable bonds is 2. The number of nitrogens with one attached hydrogen (secondary N) is 1. The summed E-state index contributed by atoms with van der Waals surface area (Å²) in [4.78, 5) is 2.28. The van der Waals surface area contributed by atoms with Crippen LogP contribution in [0.4, 0.5) is 0 Å². The Morgan fingerprint density at radius 3 is 2.47 bits per heavy atom. The SMILES string of the molecule is OC(C1CC12CCNCC2)N1CCN(P)CC1. The average molecular weight is 257 g/mol. The van der Waals surface area contributed by atoms with Crippen molar-refractivity contribution in [2.24, 2.45) is 11.3 Å². The summed E-state index contributed by atoms with van der Waals surface area (Å²) in [6, 6.07) is 0. The van der Waals surface area contributed by atoms with Gasteiger partial charge in [0.1, 0.15) is 6.23 Å². The number of aliphatic hydroxyl groups excluding tert-OH is 1. The summed E-state index contributed by atoms with van der Waals surface area (Å²) in [5, 5.41) is 13.9. The molecule has 4 nitrogen and oxygen atoms in total. The minimum absolute atomic E-state index is 0.188. The molecule has 17 heavy (non-hydrogen) atoms. The van der Waals surface area contributed by atoms with Gasteiger partial charge in [0.2, 0.25) is 0 Å². The molecule has 0 aromatic carbocycles. The topological polar surface area (TPSA) is 38.7 Å². The molecule has 0 aromatic heterocycles. The Morgan fingerprint density at radius 2 is 1.82 bits per heavy atom. The van der Waals surface area contributed by atoms with Crippen molar-refractivity contribution in [2.45, 2.75) is 25.5 Å². The van der Waals surface area contributed by atoms with Gasteiger partial charge in [0.15, 0.2) is 0 Å². The zero-order valence-electron chi connectivity index (χ0n) is 10.4. The monoisotopic (exact) mass is 257 g/mol. The van der Waals surface area contributed by atoms with Crippen LogP contribution < -0.4 is 5.32 Å². The lowest BCUT2D eigenvalue weighted by molar-refractivity contribution is -0.0387. The average Bonchev–Trinajstić information content (AvgIpc) is 3.04. The van der Waals surface area contributed by atoms with Crippen molar-refractivity contribution in [2.75, 3.05) is 39.3 Å². The maximum Gasteiger partial charge on any atom is 0.110 e. The molecule has 3 unspecified atom stereocenters. The van der Waals surface area contributed by atoms with E-state index in [1.807, 2.05) is 0 Å². The molecule has 1 aliphatic carbocycles. The van der Waals surface area contributed by atoms with Crippen LogP contribution in [0.2, 0.25) is 0 Å². The van der Waals surface area contributed by atoms with Crippen LogP contribution in [0, 0.1) is 11.3 Å². The molecule has 5 heteroatoms. The summed E-state index contributed by atoms with van der Waals surface area (Å²) < 4.78 is 2.26. The van der Waals surface area contributed by atoms with Gasteiger partial charge in [-0.3, -0.25) is 9.57 Å². The summed E-state index contributed by atoms with van der Waals surface area (Å²) in [6.07, 6.45) is 3.58. The first-order valence-corrected chi connectivity index (χ1v) is 7.35. The fourth-order valence-corrected chi connectivity index (χ4v) is 3.79. The summed E-state index contributed by atoms with van der Waals surface area (Å²) in [6.45, 7) is 6.42. The van der Waals surface area contributed by atoms with Gasteiger partial charge in [0.05, 0.1) is 0 Å². The molecule has 2 N–H and O–H groups in total. The van der Waals surface area contributed by atoms with Crippen LogP contribution in [0.1, 0.15) is 19.3 Å². The molecule has 2 aliphatic heterocycles. The van der Waals surface area contributed by atoms with Crippen LogP contribution in [-0.4, -0.2) is 60.2 Å². The largest absolute Gasteiger partial charge is 0.378 e. The summed E-state index contributed by atoms with van der Waals surface area (Å²) in [5.41, 5.74) is 0.489. The lowest BCUT2D eigenvalue weighted by Gasteiger charge is -2.36. The fourth-order valence-electron chi connectivity index (χ4n) is 3.56. The van der Waals surface area contributed by atoms with Crippen molar-refractivity contribution in [1.82, 2.24) is 14.9 Å². The molecular weight excluding hydrogens is 233 g/mol.